The SMILES string of the molecule is c1ccc(-c2cccc(-c3nc(-c4ccc5ccccc5c4)nc(-c4ccc5oc6ccc(-c7cccc8ccccc78)cc6c5c4)n3)c2)cc1. The summed E-state index contributed by atoms with van der Waals surface area (Å²) in [5.74, 6) is 1.85. The van der Waals surface area contributed by atoms with Gasteiger partial charge in [-0.25, -0.2) is 15.0 Å². The van der Waals surface area contributed by atoms with E-state index in [-0.39, 0.29) is 0 Å². The van der Waals surface area contributed by atoms with Gasteiger partial charge in [-0.2, -0.15) is 0 Å². The summed E-state index contributed by atoms with van der Waals surface area (Å²) in [6.45, 7) is 0. The van der Waals surface area contributed by atoms with Crippen molar-refractivity contribution in [2.24, 2.45) is 0 Å². The molecule has 0 aliphatic carbocycles. The molecule has 8 aromatic carbocycles. The fourth-order valence-corrected chi connectivity index (χ4v) is 7.12. The summed E-state index contributed by atoms with van der Waals surface area (Å²) in [6, 6.07) is 61.2. The van der Waals surface area contributed by atoms with Crippen molar-refractivity contribution in [2.45, 2.75) is 0 Å². The number of nitrogens with zero attached hydrogens (tertiary/aromatic N) is 3. The van der Waals surface area contributed by atoms with Crippen molar-refractivity contribution in [3.8, 4) is 56.4 Å². The maximum absolute atomic E-state index is 6.35. The minimum atomic E-state index is 0.606. The summed E-state index contributed by atoms with van der Waals surface area (Å²) in [6.07, 6.45) is 0. The summed E-state index contributed by atoms with van der Waals surface area (Å²) >= 11 is 0. The number of fused-ring (bicyclic) bond motifs is 5. The first-order chi connectivity index (χ1) is 25.2. The van der Waals surface area contributed by atoms with E-state index in [1.165, 1.54) is 21.7 Å². The first-order valence-electron chi connectivity index (χ1n) is 17.1. The van der Waals surface area contributed by atoms with Crippen LogP contribution < -0.4 is 0 Å². The van der Waals surface area contributed by atoms with E-state index in [1.807, 2.05) is 18.2 Å². The van der Waals surface area contributed by atoms with Gasteiger partial charge in [0, 0.05) is 27.5 Å². The van der Waals surface area contributed by atoms with Gasteiger partial charge in [0.15, 0.2) is 17.5 Å². The van der Waals surface area contributed by atoms with Crippen molar-refractivity contribution in [2.75, 3.05) is 0 Å². The Bertz CT molecular complexity index is 2920. The van der Waals surface area contributed by atoms with Crippen LogP contribution in [0.4, 0.5) is 0 Å². The lowest BCUT2D eigenvalue weighted by atomic mass is 9.97. The van der Waals surface area contributed by atoms with E-state index in [2.05, 4.69) is 158 Å². The second kappa shape index (κ2) is 11.9. The third kappa shape index (κ3) is 5.22. The second-order valence-electron chi connectivity index (χ2n) is 12.9. The first-order valence-corrected chi connectivity index (χ1v) is 17.1. The maximum atomic E-state index is 6.35. The van der Waals surface area contributed by atoms with Gasteiger partial charge in [0.1, 0.15) is 11.2 Å². The standard InChI is InChI=1S/C47H29N3O/c1-2-10-30(11-3-1)34-16-8-17-36(26-34)45-48-46(37-21-20-31-12-4-5-14-33(31)27-37)50-47(49-45)38-23-25-44-42(29-38)41-28-35(22-24-43(41)51-44)40-19-9-15-32-13-6-7-18-39(32)40/h1-29H. The van der Waals surface area contributed by atoms with Crippen molar-refractivity contribution in [1.29, 1.82) is 0 Å². The number of rotatable bonds is 5. The van der Waals surface area contributed by atoms with Crippen LogP contribution in [0.3, 0.4) is 0 Å². The first kappa shape index (κ1) is 29.0. The molecule has 238 valence electrons. The van der Waals surface area contributed by atoms with E-state index in [1.54, 1.807) is 0 Å². The molecule has 0 radical (unpaired) electrons. The summed E-state index contributed by atoms with van der Waals surface area (Å²) in [5, 5.41) is 6.82. The molecule has 2 aromatic heterocycles. The monoisotopic (exact) mass is 651 g/mol. The normalized spacial score (nSPS) is 11.5. The van der Waals surface area contributed by atoms with Crippen molar-refractivity contribution >= 4 is 43.5 Å². The Hall–Kier alpha value is -6.91. The Labute approximate surface area is 294 Å². The van der Waals surface area contributed by atoms with Crippen molar-refractivity contribution < 1.29 is 4.42 Å². The van der Waals surface area contributed by atoms with Gasteiger partial charge < -0.3 is 4.42 Å². The van der Waals surface area contributed by atoms with E-state index in [0.29, 0.717) is 17.5 Å². The van der Waals surface area contributed by atoms with E-state index >= 15 is 0 Å². The summed E-state index contributed by atoms with van der Waals surface area (Å²) < 4.78 is 6.35. The van der Waals surface area contributed by atoms with Crippen LogP contribution >= 0.6 is 0 Å². The van der Waals surface area contributed by atoms with Crippen LogP contribution in [0.15, 0.2) is 180 Å². The van der Waals surface area contributed by atoms with Crippen LogP contribution in [0.1, 0.15) is 0 Å². The zero-order chi connectivity index (χ0) is 33.7. The highest BCUT2D eigenvalue weighted by Crippen LogP contribution is 2.37. The Morgan fingerprint density at radius 3 is 1.61 bits per heavy atom. The molecule has 0 fully saturated rings. The molecule has 0 aliphatic heterocycles. The molecule has 51 heavy (non-hydrogen) atoms. The van der Waals surface area contributed by atoms with E-state index < -0.39 is 0 Å². The summed E-state index contributed by atoms with van der Waals surface area (Å²) in [4.78, 5) is 15.3. The summed E-state index contributed by atoms with van der Waals surface area (Å²) in [5.41, 5.74) is 9.02. The molecule has 0 spiro atoms. The number of hydrogen-bond donors (Lipinski definition) is 0. The molecule has 0 aliphatic rings. The van der Waals surface area contributed by atoms with Crippen LogP contribution in [0.25, 0.3) is 99.9 Å². The average molecular weight is 652 g/mol. The lowest BCUT2D eigenvalue weighted by Crippen LogP contribution is -2.00. The Morgan fingerprint density at radius 1 is 0.294 bits per heavy atom. The third-order valence-electron chi connectivity index (χ3n) is 9.70. The molecular weight excluding hydrogens is 623 g/mol. The van der Waals surface area contributed by atoms with Crippen molar-refractivity contribution in [3.63, 3.8) is 0 Å². The van der Waals surface area contributed by atoms with Crippen LogP contribution in [0.5, 0.6) is 0 Å². The zero-order valence-electron chi connectivity index (χ0n) is 27.5. The highest BCUT2D eigenvalue weighted by Gasteiger charge is 2.16. The molecule has 0 unspecified atom stereocenters. The Balaban J connectivity index is 1.14. The highest BCUT2D eigenvalue weighted by atomic mass is 16.3. The van der Waals surface area contributed by atoms with Crippen molar-refractivity contribution in [3.05, 3.63) is 176 Å². The molecule has 0 atom stereocenters. The molecule has 4 heteroatoms. The van der Waals surface area contributed by atoms with Crippen LogP contribution in [0.2, 0.25) is 0 Å². The van der Waals surface area contributed by atoms with Crippen LogP contribution in [-0.2, 0) is 0 Å². The van der Waals surface area contributed by atoms with Crippen LogP contribution in [0, 0.1) is 0 Å². The van der Waals surface area contributed by atoms with E-state index in [0.717, 1.165) is 60.7 Å². The minimum Gasteiger partial charge on any atom is -0.456 e. The second-order valence-corrected chi connectivity index (χ2v) is 12.9. The molecule has 0 saturated carbocycles. The predicted octanol–water partition coefficient (Wildman–Crippen LogP) is 12.4. The van der Waals surface area contributed by atoms with Crippen molar-refractivity contribution in [1.82, 2.24) is 15.0 Å². The van der Waals surface area contributed by atoms with Gasteiger partial charge in [0.05, 0.1) is 0 Å². The van der Waals surface area contributed by atoms with Gasteiger partial charge in [0.2, 0.25) is 0 Å². The topological polar surface area (TPSA) is 51.8 Å². The number of hydrogen-bond acceptors (Lipinski definition) is 4. The lowest BCUT2D eigenvalue weighted by molar-refractivity contribution is 0.669. The predicted molar refractivity (Wildman–Crippen MR) is 209 cm³/mol. The molecule has 4 nitrogen and oxygen atoms in total. The number of benzene rings is 8. The van der Waals surface area contributed by atoms with Gasteiger partial charge >= 0.3 is 0 Å². The molecule has 0 N–H and O–H groups in total. The van der Waals surface area contributed by atoms with Gasteiger partial charge in [-0.3, -0.25) is 0 Å². The fourth-order valence-electron chi connectivity index (χ4n) is 7.12. The number of aromatic nitrogens is 3. The third-order valence-corrected chi connectivity index (χ3v) is 9.70. The zero-order valence-corrected chi connectivity index (χ0v) is 27.5. The van der Waals surface area contributed by atoms with Crippen LogP contribution in [-0.4, -0.2) is 15.0 Å². The quantitative estimate of drug-likeness (QED) is 0.186. The smallest absolute Gasteiger partial charge is 0.164 e. The van der Waals surface area contributed by atoms with E-state index in [4.69, 9.17) is 19.4 Å². The highest BCUT2D eigenvalue weighted by molar-refractivity contribution is 6.08. The van der Waals surface area contributed by atoms with Gasteiger partial charge in [0.25, 0.3) is 0 Å². The van der Waals surface area contributed by atoms with Gasteiger partial charge in [-0.05, 0) is 86.3 Å². The fraction of sp³-hybridized carbons (Fsp3) is 0. The lowest BCUT2D eigenvalue weighted by Gasteiger charge is -2.10. The maximum Gasteiger partial charge on any atom is 0.164 e. The Kier molecular flexibility index (Phi) is 6.78. The molecule has 10 aromatic rings. The number of furan rings is 1. The summed E-state index contributed by atoms with van der Waals surface area (Å²) in [7, 11) is 0. The van der Waals surface area contributed by atoms with E-state index in [9.17, 15) is 0 Å². The van der Waals surface area contributed by atoms with Gasteiger partial charge in [-0.15, -0.1) is 0 Å². The average Bonchev–Trinajstić information content (AvgIpc) is 3.58. The molecule has 0 saturated heterocycles. The Morgan fingerprint density at radius 2 is 0.824 bits per heavy atom. The van der Waals surface area contributed by atoms with Gasteiger partial charge in [-0.1, -0.05) is 133 Å². The molecule has 10 rings (SSSR count). The molecule has 0 bridgehead atoms. The largest absolute Gasteiger partial charge is 0.456 e. The minimum absolute atomic E-state index is 0.606. The molecular formula is C47H29N3O. The molecule has 2 heterocycles. The molecule has 0 amide bonds.